The lowest BCUT2D eigenvalue weighted by Crippen LogP contribution is -2.37. The van der Waals surface area contributed by atoms with Crippen molar-refractivity contribution >= 4 is 11.7 Å². The summed E-state index contributed by atoms with van der Waals surface area (Å²) in [5.74, 6) is 0.657. The minimum Gasteiger partial charge on any atom is -0.391 e. The van der Waals surface area contributed by atoms with E-state index in [4.69, 9.17) is 4.74 Å². The molecule has 108 valence electrons. The molecule has 0 aliphatic rings. The number of aliphatic hydroxyl groups excluding tert-OH is 1. The monoisotopic (exact) mass is 270 g/mol. The molecule has 0 bridgehead atoms. The average Bonchev–Trinajstić information content (AvgIpc) is 2.63. The van der Waals surface area contributed by atoms with Crippen molar-refractivity contribution in [2.24, 2.45) is 7.05 Å². The Balaban J connectivity index is 2.67. The predicted octanol–water partition coefficient (Wildman–Crippen LogP) is -0.580. The molecule has 0 aliphatic carbocycles. The highest BCUT2D eigenvalue weighted by Crippen LogP contribution is 2.21. The Morgan fingerprint density at radius 1 is 1.58 bits per heavy atom. The molecule has 7 heteroatoms. The summed E-state index contributed by atoms with van der Waals surface area (Å²) in [5.41, 5.74) is 1.52. The number of carbonyl (C=O) groups excluding carboxylic acids is 1. The highest BCUT2D eigenvalue weighted by Gasteiger charge is 2.17. The van der Waals surface area contributed by atoms with Crippen LogP contribution in [0, 0.1) is 6.92 Å². The van der Waals surface area contributed by atoms with E-state index in [9.17, 15) is 9.90 Å². The molecule has 0 aliphatic heterocycles. The summed E-state index contributed by atoms with van der Waals surface area (Å²) in [4.78, 5) is 13.5. The number of nitrogens with one attached hydrogen (secondary N) is 1. The van der Waals surface area contributed by atoms with Crippen molar-refractivity contribution in [1.29, 1.82) is 0 Å². The fourth-order valence-corrected chi connectivity index (χ4v) is 1.99. The molecule has 0 unspecified atom stereocenters. The first-order valence-electron chi connectivity index (χ1n) is 6.11. The topological polar surface area (TPSA) is 79.6 Å². The van der Waals surface area contributed by atoms with Crippen molar-refractivity contribution < 1.29 is 14.6 Å². The Morgan fingerprint density at radius 2 is 2.26 bits per heavy atom. The van der Waals surface area contributed by atoms with E-state index in [1.807, 2.05) is 6.92 Å². The lowest BCUT2D eigenvalue weighted by Gasteiger charge is -2.20. The van der Waals surface area contributed by atoms with Crippen molar-refractivity contribution in [2.45, 2.75) is 13.5 Å². The first-order chi connectivity index (χ1) is 9.01. The molecule has 1 amide bonds. The number of ether oxygens (including phenoxy) is 1. The van der Waals surface area contributed by atoms with Crippen LogP contribution in [0.15, 0.2) is 0 Å². The van der Waals surface area contributed by atoms with Gasteiger partial charge in [-0.25, -0.2) is 0 Å². The summed E-state index contributed by atoms with van der Waals surface area (Å²) in [6.45, 7) is 2.92. The van der Waals surface area contributed by atoms with Crippen molar-refractivity contribution in [3.8, 4) is 0 Å². The number of carbonyl (C=O) groups is 1. The van der Waals surface area contributed by atoms with E-state index in [0.717, 1.165) is 17.1 Å². The normalized spacial score (nSPS) is 10.6. The smallest absolute Gasteiger partial charge is 0.239 e. The first-order valence-corrected chi connectivity index (χ1v) is 6.11. The third-order valence-electron chi connectivity index (χ3n) is 2.84. The first kappa shape index (κ1) is 15.5. The fraction of sp³-hybridized carbons (Fsp3) is 0.667. The Morgan fingerprint density at radius 3 is 2.84 bits per heavy atom. The zero-order valence-corrected chi connectivity index (χ0v) is 11.9. The SMILES string of the molecule is COCCNC(=O)CN(C)c1c(CO)c(C)nn1C. The number of aromatic nitrogens is 2. The molecule has 1 aromatic rings. The van der Waals surface area contributed by atoms with Crippen LogP contribution in [0.3, 0.4) is 0 Å². The summed E-state index contributed by atoms with van der Waals surface area (Å²) in [6.07, 6.45) is 0. The van der Waals surface area contributed by atoms with Gasteiger partial charge in [0.15, 0.2) is 0 Å². The number of hydrogen-bond donors (Lipinski definition) is 2. The number of anilines is 1. The van der Waals surface area contributed by atoms with Crippen LogP contribution in [0.5, 0.6) is 0 Å². The quantitative estimate of drug-likeness (QED) is 0.648. The third kappa shape index (κ3) is 3.93. The molecule has 0 fully saturated rings. The zero-order valence-electron chi connectivity index (χ0n) is 11.9. The maximum absolute atomic E-state index is 11.7. The molecule has 19 heavy (non-hydrogen) atoms. The number of aryl methyl sites for hydroxylation is 2. The van der Waals surface area contributed by atoms with Crippen LogP contribution in [-0.2, 0) is 23.2 Å². The number of aliphatic hydroxyl groups is 1. The Labute approximate surface area is 113 Å². The second-order valence-electron chi connectivity index (χ2n) is 4.37. The molecule has 0 saturated heterocycles. The van der Waals surface area contributed by atoms with Crippen molar-refractivity contribution in [2.75, 3.05) is 38.8 Å². The van der Waals surface area contributed by atoms with Gasteiger partial charge in [-0.1, -0.05) is 0 Å². The molecule has 1 rings (SSSR count). The van der Waals surface area contributed by atoms with E-state index in [-0.39, 0.29) is 19.1 Å². The van der Waals surface area contributed by atoms with Crippen LogP contribution >= 0.6 is 0 Å². The van der Waals surface area contributed by atoms with E-state index < -0.39 is 0 Å². The molecule has 1 heterocycles. The van der Waals surface area contributed by atoms with Gasteiger partial charge in [-0.15, -0.1) is 0 Å². The molecule has 7 nitrogen and oxygen atoms in total. The molecule has 0 spiro atoms. The van der Waals surface area contributed by atoms with Gasteiger partial charge in [0.1, 0.15) is 5.82 Å². The summed E-state index contributed by atoms with van der Waals surface area (Å²) in [6, 6.07) is 0. The minimum absolute atomic E-state index is 0.0926. The highest BCUT2D eigenvalue weighted by atomic mass is 16.5. The van der Waals surface area contributed by atoms with Gasteiger partial charge in [-0.3, -0.25) is 9.48 Å². The molecular weight excluding hydrogens is 248 g/mol. The van der Waals surface area contributed by atoms with Gasteiger partial charge < -0.3 is 20.1 Å². The van der Waals surface area contributed by atoms with Crippen LogP contribution < -0.4 is 10.2 Å². The van der Waals surface area contributed by atoms with Crippen LogP contribution in [0.4, 0.5) is 5.82 Å². The van der Waals surface area contributed by atoms with Crippen LogP contribution in [0.1, 0.15) is 11.3 Å². The van der Waals surface area contributed by atoms with Gasteiger partial charge in [0.05, 0.1) is 25.5 Å². The lowest BCUT2D eigenvalue weighted by molar-refractivity contribution is -0.119. The largest absolute Gasteiger partial charge is 0.391 e. The van der Waals surface area contributed by atoms with Gasteiger partial charge in [0, 0.05) is 33.3 Å². The molecular formula is C12H22N4O3. The molecule has 0 saturated carbocycles. The number of methoxy groups -OCH3 is 1. The average molecular weight is 270 g/mol. The van der Waals surface area contributed by atoms with Gasteiger partial charge in [0.25, 0.3) is 0 Å². The second-order valence-corrected chi connectivity index (χ2v) is 4.37. The van der Waals surface area contributed by atoms with E-state index >= 15 is 0 Å². The minimum atomic E-state index is -0.0951. The summed E-state index contributed by atoms with van der Waals surface area (Å²) >= 11 is 0. The van der Waals surface area contributed by atoms with Crippen molar-refractivity contribution in [3.63, 3.8) is 0 Å². The Kier molecular flexibility index (Phi) is 5.78. The molecule has 2 N–H and O–H groups in total. The fourth-order valence-electron chi connectivity index (χ4n) is 1.99. The van der Waals surface area contributed by atoms with Crippen LogP contribution in [-0.4, -0.2) is 54.6 Å². The van der Waals surface area contributed by atoms with Gasteiger partial charge in [-0.2, -0.15) is 5.10 Å². The standard InChI is InChI=1S/C12H22N4O3/c1-9-10(8-17)12(16(3)14-9)15(2)7-11(18)13-5-6-19-4/h17H,5-8H2,1-4H3,(H,13,18). The predicted molar refractivity (Wildman–Crippen MR) is 72.0 cm³/mol. The Hall–Kier alpha value is -1.60. The Bertz CT molecular complexity index is 431. The number of amides is 1. The van der Waals surface area contributed by atoms with Crippen LogP contribution in [0.2, 0.25) is 0 Å². The maximum Gasteiger partial charge on any atom is 0.239 e. The lowest BCUT2D eigenvalue weighted by atomic mass is 10.2. The van der Waals surface area contributed by atoms with E-state index in [1.54, 1.807) is 30.8 Å². The molecule has 0 atom stereocenters. The number of likely N-dealkylation sites (N-methyl/N-ethyl adjacent to an activating group) is 1. The highest BCUT2D eigenvalue weighted by molar-refractivity contribution is 5.81. The number of rotatable bonds is 7. The summed E-state index contributed by atoms with van der Waals surface area (Å²) in [5, 5.41) is 16.4. The van der Waals surface area contributed by atoms with E-state index in [2.05, 4.69) is 10.4 Å². The second kappa shape index (κ2) is 7.10. The van der Waals surface area contributed by atoms with Crippen LogP contribution in [0.25, 0.3) is 0 Å². The maximum atomic E-state index is 11.7. The van der Waals surface area contributed by atoms with E-state index in [1.165, 1.54) is 0 Å². The van der Waals surface area contributed by atoms with Gasteiger partial charge in [-0.05, 0) is 6.92 Å². The van der Waals surface area contributed by atoms with Gasteiger partial charge >= 0.3 is 0 Å². The van der Waals surface area contributed by atoms with Crippen molar-refractivity contribution in [1.82, 2.24) is 15.1 Å². The van der Waals surface area contributed by atoms with E-state index in [0.29, 0.717) is 13.2 Å². The number of nitrogens with zero attached hydrogens (tertiary/aromatic N) is 3. The summed E-state index contributed by atoms with van der Waals surface area (Å²) in [7, 11) is 5.18. The third-order valence-corrected chi connectivity index (χ3v) is 2.84. The number of hydrogen-bond acceptors (Lipinski definition) is 5. The van der Waals surface area contributed by atoms with Gasteiger partial charge in [0.2, 0.25) is 5.91 Å². The molecule has 1 aromatic heterocycles. The zero-order chi connectivity index (χ0) is 14.4. The van der Waals surface area contributed by atoms with Crippen molar-refractivity contribution in [3.05, 3.63) is 11.3 Å². The molecule has 0 radical (unpaired) electrons. The molecule has 0 aromatic carbocycles. The summed E-state index contributed by atoms with van der Waals surface area (Å²) < 4.78 is 6.54.